The van der Waals surface area contributed by atoms with Gasteiger partial charge in [0.15, 0.2) is 5.69 Å². The maximum atomic E-state index is 12.8. The standard InChI is InChI=1S/C23H25N5O2/c1-16-8-10-18(11-9-16)25-23(30)28-13-12-20-19(15-28)21(26-27(20)2)22(29)24-14-17-6-4-3-5-7-17/h3-11H,12-15H2,1-2H3,(H,24,29)(H,25,30). The van der Waals surface area contributed by atoms with Crippen molar-refractivity contribution in [2.75, 3.05) is 11.9 Å². The first-order valence-electron chi connectivity index (χ1n) is 10.0. The maximum Gasteiger partial charge on any atom is 0.322 e. The van der Waals surface area contributed by atoms with E-state index in [-0.39, 0.29) is 11.9 Å². The lowest BCUT2D eigenvalue weighted by molar-refractivity contribution is 0.0943. The summed E-state index contributed by atoms with van der Waals surface area (Å²) in [6.07, 6.45) is 0.659. The van der Waals surface area contributed by atoms with E-state index in [0.717, 1.165) is 28.1 Å². The van der Waals surface area contributed by atoms with Gasteiger partial charge in [0.25, 0.3) is 5.91 Å². The van der Waals surface area contributed by atoms with E-state index in [1.807, 2.05) is 68.6 Å². The van der Waals surface area contributed by atoms with Gasteiger partial charge in [0.05, 0.1) is 6.54 Å². The second kappa shape index (κ2) is 8.41. The van der Waals surface area contributed by atoms with Crippen LogP contribution in [-0.4, -0.2) is 33.2 Å². The molecular weight excluding hydrogens is 378 g/mol. The van der Waals surface area contributed by atoms with Gasteiger partial charge in [-0.15, -0.1) is 0 Å². The number of carbonyl (C=O) groups excluding carboxylic acids is 2. The quantitative estimate of drug-likeness (QED) is 0.702. The van der Waals surface area contributed by atoms with Crippen molar-refractivity contribution in [2.24, 2.45) is 7.05 Å². The van der Waals surface area contributed by atoms with Crippen LogP contribution in [0.4, 0.5) is 10.5 Å². The minimum atomic E-state index is -0.225. The molecule has 1 aliphatic rings. The van der Waals surface area contributed by atoms with Gasteiger partial charge in [0, 0.05) is 43.5 Å². The van der Waals surface area contributed by atoms with Gasteiger partial charge in [0.2, 0.25) is 0 Å². The lowest BCUT2D eigenvalue weighted by Crippen LogP contribution is -2.39. The maximum absolute atomic E-state index is 12.8. The Balaban J connectivity index is 1.46. The van der Waals surface area contributed by atoms with Crippen LogP contribution in [0.25, 0.3) is 0 Å². The lowest BCUT2D eigenvalue weighted by atomic mass is 10.0. The van der Waals surface area contributed by atoms with E-state index in [9.17, 15) is 9.59 Å². The average molecular weight is 403 g/mol. The molecule has 154 valence electrons. The Bertz CT molecular complexity index is 1060. The number of nitrogens with one attached hydrogen (secondary N) is 2. The van der Waals surface area contributed by atoms with Crippen LogP contribution in [0.5, 0.6) is 0 Å². The lowest BCUT2D eigenvalue weighted by Gasteiger charge is -2.27. The van der Waals surface area contributed by atoms with Crippen molar-refractivity contribution in [3.8, 4) is 0 Å². The summed E-state index contributed by atoms with van der Waals surface area (Å²) in [4.78, 5) is 27.3. The van der Waals surface area contributed by atoms with E-state index in [2.05, 4.69) is 15.7 Å². The molecule has 0 bridgehead atoms. The number of hydrogen-bond donors (Lipinski definition) is 2. The van der Waals surface area contributed by atoms with Crippen LogP contribution in [0, 0.1) is 6.92 Å². The highest BCUT2D eigenvalue weighted by molar-refractivity contribution is 5.94. The van der Waals surface area contributed by atoms with Gasteiger partial charge in [-0.25, -0.2) is 4.79 Å². The molecule has 4 rings (SSSR count). The van der Waals surface area contributed by atoms with Crippen LogP contribution in [0.1, 0.15) is 32.9 Å². The fourth-order valence-corrected chi connectivity index (χ4v) is 3.65. The first-order valence-corrected chi connectivity index (χ1v) is 10.0. The van der Waals surface area contributed by atoms with Crippen LogP contribution < -0.4 is 10.6 Å². The summed E-state index contributed by atoms with van der Waals surface area (Å²) in [7, 11) is 1.84. The molecule has 1 aliphatic heterocycles. The van der Waals surface area contributed by atoms with E-state index in [0.29, 0.717) is 31.7 Å². The Hall–Kier alpha value is -3.61. The number of aromatic nitrogens is 2. The minimum absolute atomic E-state index is 0.177. The summed E-state index contributed by atoms with van der Waals surface area (Å²) < 4.78 is 1.75. The number of amides is 3. The zero-order valence-corrected chi connectivity index (χ0v) is 17.2. The topological polar surface area (TPSA) is 79.3 Å². The third-order valence-corrected chi connectivity index (χ3v) is 5.34. The number of anilines is 1. The largest absolute Gasteiger partial charge is 0.347 e. The number of urea groups is 1. The molecule has 1 aromatic heterocycles. The second-order valence-electron chi connectivity index (χ2n) is 7.53. The molecule has 2 N–H and O–H groups in total. The molecule has 2 heterocycles. The minimum Gasteiger partial charge on any atom is -0.347 e. The van der Waals surface area contributed by atoms with E-state index in [1.165, 1.54) is 0 Å². The summed E-state index contributed by atoms with van der Waals surface area (Å²) >= 11 is 0. The van der Waals surface area contributed by atoms with Gasteiger partial charge in [-0.2, -0.15) is 5.10 Å². The van der Waals surface area contributed by atoms with Crippen molar-refractivity contribution < 1.29 is 9.59 Å². The van der Waals surface area contributed by atoms with Crippen molar-refractivity contribution in [3.63, 3.8) is 0 Å². The molecule has 0 spiro atoms. The second-order valence-corrected chi connectivity index (χ2v) is 7.53. The summed E-state index contributed by atoms with van der Waals surface area (Å²) in [6.45, 7) is 3.37. The van der Waals surface area contributed by atoms with Crippen LogP contribution in [0.2, 0.25) is 0 Å². The van der Waals surface area contributed by atoms with E-state index in [4.69, 9.17) is 0 Å². The zero-order chi connectivity index (χ0) is 21.1. The van der Waals surface area contributed by atoms with Crippen LogP contribution in [0.15, 0.2) is 54.6 Å². The Kier molecular flexibility index (Phi) is 5.52. The Morgan fingerprint density at radius 3 is 2.53 bits per heavy atom. The molecule has 7 nitrogen and oxygen atoms in total. The molecule has 0 radical (unpaired) electrons. The van der Waals surface area contributed by atoms with E-state index >= 15 is 0 Å². The summed E-state index contributed by atoms with van der Waals surface area (Å²) in [6, 6.07) is 17.3. The van der Waals surface area contributed by atoms with E-state index in [1.54, 1.807) is 9.58 Å². The van der Waals surface area contributed by atoms with Gasteiger partial charge in [-0.3, -0.25) is 9.48 Å². The highest BCUT2D eigenvalue weighted by Gasteiger charge is 2.29. The first kappa shape index (κ1) is 19.7. The highest BCUT2D eigenvalue weighted by atomic mass is 16.2. The number of fused-ring (bicyclic) bond motifs is 1. The molecule has 3 aromatic rings. The van der Waals surface area contributed by atoms with Gasteiger partial charge in [-0.05, 0) is 24.6 Å². The van der Waals surface area contributed by atoms with Crippen molar-refractivity contribution in [3.05, 3.63) is 82.7 Å². The molecule has 0 aliphatic carbocycles. The third kappa shape index (κ3) is 4.20. The number of rotatable bonds is 4. The molecule has 3 amide bonds. The zero-order valence-electron chi connectivity index (χ0n) is 17.2. The number of nitrogens with zero attached hydrogens (tertiary/aromatic N) is 3. The first-order chi connectivity index (χ1) is 14.5. The number of carbonyl (C=O) groups is 2. The molecule has 0 saturated carbocycles. The normalized spacial score (nSPS) is 12.9. The molecule has 2 aromatic carbocycles. The Morgan fingerprint density at radius 2 is 1.80 bits per heavy atom. The molecule has 0 saturated heterocycles. The SMILES string of the molecule is Cc1ccc(NC(=O)N2CCc3c(c(C(=O)NCc4ccccc4)nn3C)C2)cc1. The van der Waals surface area contributed by atoms with Crippen LogP contribution in [-0.2, 0) is 26.6 Å². The third-order valence-electron chi connectivity index (χ3n) is 5.34. The average Bonchev–Trinajstić information content (AvgIpc) is 3.10. The molecule has 0 atom stereocenters. The van der Waals surface area contributed by atoms with Crippen molar-refractivity contribution >= 4 is 17.6 Å². The van der Waals surface area contributed by atoms with Gasteiger partial charge in [-0.1, -0.05) is 48.0 Å². The Morgan fingerprint density at radius 1 is 1.07 bits per heavy atom. The molecule has 0 unspecified atom stereocenters. The number of benzene rings is 2. The number of aryl methyl sites for hydroxylation is 2. The fraction of sp³-hybridized carbons (Fsp3) is 0.261. The van der Waals surface area contributed by atoms with Gasteiger partial charge in [0.1, 0.15) is 0 Å². The molecule has 30 heavy (non-hydrogen) atoms. The predicted octanol–water partition coefficient (Wildman–Crippen LogP) is 3.25. The predicted molar refractivity (Wildman–Crippen MR) is 115 cm³/mol. The van der Waals surface area contributed by atoms with Crippen molar-refractivity contribution in [1.29, 1.82) is 0 Å². The van der Waals surface area contributed by atoms with Gasteiger partial charge >= 0.3 is 6.03 Å². The van der Waals surface area contributed by atoms with E-state index < -0.39 is 0 Å². The fourth-order valence-electron chi connectivity index (χ4n) is 3.65. The molecule has 0 fully saturated rings. The summed E-state index contributed by atoms with van der Waals surface area (Å²) in [5.74, 6) is -0.225. The molecule has 7 heteroatoms. The smallest absolute Gasteiger partial charge is 0.322 e. The summed E-state index contributed by atoms with van der Waals surface area (Å²) in [5, 5.41) is 10.3. The van der Waals surface area contributed by atoms with Crippen molar-refractivity contribution in [2.45, 2.75) is 26.4 Å². The van der Waals surface area contributed by atoms with Crippen LogP contribution in [0.3, 0.4) is 0 Å². The Labute approximate surface area is 175 Å². The summed E-state index contributed by atoms with van der Waals surface area (Å²) in [5.41, 5.74) is 5.11. The van der Waals surface area contributed by atoms with Crippen LogP contribution >= 0.6 is 0 Å². The monoisotopic (exact) mass is 403 g/mol. The van der Waals surface area contributed by atoms with Crippen molar-refractivity contribution in [1.82, 2.24) is 20.0 Å². The highest BCUT2D eigenvalue weighted by Crippen LogP contribution is 2.23. The van der Waals surface area contributed by atoms with Gasteiger partial charge < -0.3 is 15.5 Å². The number of hydrogen-bond acceptors (Lipinski definition) is 3. The molecular formula is C23H25N5O2.